The van der Waals surface area contributed by atoms with Gasteiger partial charge in [0.1, 0.15) is 0 Å². The molecule has 4 heteroatoms. The Morgan fingerprint density at radius 1 is 1.18 bits per heavy atom. The van der Waals surface area contributed by atoms with Gasteiger partial charge in [0.05, 0.1) is 12.0 Å². The number of nitrogens with one attached hydrogen (secondary N) is 1. The molecule has 2 rings (SSSR count). The number of amides is 1. The Hall–Kier alpha value is -0.610. The number of piperidine rings is 1. The first-order valence-electron chi connectivity index (χ1n) is 9.18. The van der Waals surface area contributed by atoms with Gasteiger partial charge in [0.15, 0.2) is 0 Å². The monoisotopic (exact) mass is 310 g/mol. The molecule has 0 aromatic carbocycles. The first-order chi connectivity index (χ1) is 10.5. The zero-order chi connectivity index (χ0) is 16.0. The number of hydrogen-bond acceptors (Lipinski definition) is 3. The van der Waals surface area contributed by atoms with Gasteiger partial charge in [-0.25, -0.2) is 0 Å². The molecule has 1 aliphatic heterocycles. The molecule has 2 unspecified atom stereocenters. The van der Waals surface area contributed by atoms with Crippen molar-refractivity contribution >= 4 is 5.91 Å². The van der Waals surface area contributed by atoms with Crippen molar-refractivity contribution in [3.05, 3.63) is 0 Å². The van der Waals surface area contributed by atoms with E-state index in [9.17, 15) is 9.90 Å². The van der Waals surface area contributed by atoms with Crippen molar-refractivity contribution in [3.8, 4) is 0 Å². The van der Waals surface area contributed by atoms with Gasteiger partial charge in [0, 0.05) is 19.6 Å². The summed E-state index contributed by atoms with van der Waals surface area (Å²) in [7, 11) is 0. The van der Waals surface area contributed by atoms with Gasteiger partial charge in [-0.1, -0.05) is 33.1 Å². The van der Waals surface area contributed by atoms with Crippen LogP contribution in [-0.2, 0) is 4.79 Å². The first-order valence-corrected chi connectivity index (χ1v) is 9.18. The standard InChI is InChI=1S/C18H34N2O2/c1-15-11-16(2)14-20(13-15)10-6-9-19-17(21)12-18(22)7-4-3-5-8-18/h15-16,22H,3-14H2,1-2H3,(H,19,21). The molecular weight excluding hydrogens is 276 g/mol. The summed E-state index contributed by atoms with van der Waals surface area (Å²) in [5.74, 6) is 1.60. The van der Waals surface area contributed by atoms with Gasteiger partial charge >= 0.3 is 0 Å². The molecule has 1 amide bonds. The van der Waals surface area contributed by atoms with Crippen molar-refractivity contribution in [1.82, 2.24) is 10.2 Å². The number of carbonyl (C=O) groups excluding carboxylic acids is 1. The fourth-order valence-corrected chi connectivity index (χ4v) is 4.25. The lowest BCUT2D eigenvalue weighted by atomic mass is 9.82. The van der Waals surface area contributed by atoms with E-state index in [2.05, 4.69) is 24.1 Å². The molecule has 1 saturated carbocycles. The van der Waals surface area contributed by atoms with Crippen molar-refractivity contribution in [2.75, 3.05) is 26.2 Å². The normalized spacial score (nSPS) is 29.2. The van der Waals surface area contributed by atoms with Crippen LogP contribution in [0.25, 0.3) is 0 Å². The van der Waals surface area contributed by atoms with E-state index in [0.29, 0.717) is 0 Å². The van der Waals surface area contributed by atoms with Gasteiger partial charge in [0.25, 0.3) is 0 Å². The minimum atomic E-state index is -0.736. The summed E-state index contributed by atoms with van der Waals surface area (Å²) >= 11 is 0. The smallest absolute Gasteiger partial charge is 0.222 e. The number of carbonyl (C=O) groups is 1. The number of rotatable bonds is 6. The molecule has 1 heterocycles. The third-order valence-electron chi connectivity index (χ3n) is 5.19. The van der Waals surface area contributed by atoms with Crippen molar-refractivity contribution in [3.63, 3.8) is 0 Å². The van der Waals surface area contributed by atoms with Crippen molar-refractivity contribution in [2.24, 2.45) is 11.8 Å². The number of likely N-dealkylation sites (tertiary alicyclic amines) is 1. The lowest BCUT2D eigenvalue weighted by Gasteiger charge is -2.35. The number of hydrogen-bond donors (Lipinski definition) is 2. The molecule has 0 aromatic heterocycles. The van der Waals surface area contributed by atoms with Gasteiger partial charge in [-0.2, -0.15) is 0 Å². The average Bonchev–Trinajstić information content (AvgIpc) is 2.43. The summed E-state index contributed by atoms with van der Waals surface area (Å²) < 4.78 is 0. The van der Waals surface area contributed by atoms with E-state index >= 15 is 0 Å². The topological polar surface area (TPSA) is 52.6 Å². The maximum atomic E-state index is 12.0. The highest BCUT2D eigenvalue weighted by molar-refractivity contribution is 5.76. The molecule has 0 spiro atoms. The van der Waals surface area contributed by atoms with Crippen LogP contribution in [0.1, 0.15) is 65.2 Å². The Kier molecular flexibility index (Phi) is 6.69. The molecule has 0 aromatic rings. The third-order valence-corrected chi connectivity index (χ3v) is 5.19. The number of nitrogens with zero attached hydrogens (tertiary/aromatic N) is 1. The Bertz CT molecular complexity index is 343. The second-order valence-corrected chi connectivity index (χ2v) is 7.87. The largest absolute Gasteiger partial charge is 0.389 e. The van der Waals surface area contributed by atoms with Gasteiger partial charge < -0.3 is 15.3 Å². The molecule has 128 valence electrons. The van der Waals surface area contributed by atoms with Crippen LogP contribution in [0, 0.1) is 11.8 Å². The Morgan fingerprint density at radius 3 is 2.45 bits per heavy atom. The van der Waals surface area contributed by atoms with Crippen LogP contribution in [0.5, 0.6) is 0 Å². The summed E-state index contributed by atoms with van der Waals surface area (Å²) in [6.07, 6.45) is 7.48. The van der Waals surface area contributed by atoms with Gasteiger partial charge in [-0.05, 0) is 44.1 Å². The lowest BCUT2D eigenvalue weighted by Crippen LogP contribution is -2.41. The highest BCUT2D eigenvalue weighted by Gasteiger charge is 2.31. The first kappa shape index (κ1) is 17.7. The molecule has 0 bridgehead atoms. The third kappa shape index (κ3) is 5.88. The van der Waals surface area contributed by atoms with Gasteiger partial charge in [-0.3, -0.25) is 4.79 Å². The molecular formula is C18H34N2O2. The van der Waals surface area contributed by atoms with Crippen LogP contribution in [0.2, 0.25) is 0 Å². The van der Waals surface area contributed by atoms with Crippen molar-refractivity contribution in [1.29, 1.82) is 0 Å². The highest BCUT2D eigenvalue weighted by atomic mass is 16.3. The molecule has 22 heavy (non-hydrogen) atoms. The molecule has 2 atom stereocenters. The summed E-state index contributed by atoms with van der Waals surface area (Å²) in [5, 5.41) is 13.4. The predicted molar refractivity (Wildman–Crippen MR) is 89.7 cm³/mol. The number of aliphatic hydroxyl groups is 1. The summed E-state index contributed by atoms with van der Waals surface area (Å²) in [5.41, 5.74) is -0.736. The van der Waals surface area contributed by atoms with Crippen molar-refractivity contribution < 1.29 is 9.90 Å². The van der Waals surface area contributed by atoms with Crippen LogP contribution >= 0.6 is 0 Å². The van der Waals surface area contributed by atoms with E-state index in [1.165, 1.54) is 25.9 Å². The maximum absolute atomic E-state index is 12.0. The molecule has 2 N–H and O–H groups in total. The van der Waals surface area contributed by atoms with E-state index in [4.69, 9.17) is 0 Å². The zero-order valence-corrected chi connectivity index (χ0v) is 14.4. The van der Waals surface area contributed by atoms with Crippen LogP contribution in [0.4, 0.5) is 0 Å². The van der Waals surface area contributed by atoms with E-state index in [0.717, 1.165) is 57.0 Å². The second kappa shape index (κ2) is 8.30. The van der Waals surface area contributed by atoms with Crippen LogP contribution < -0.4 is 5.32 Å². The zero-order valence-electron chi connectivity index (χ0n) is 14.4. The summed E-state index contributed by atoms with van der Waals surface area (Å²) in [6.45, 7) is 8.84. The van der Waals surface area contributed by atoms with Crippen molar-refractivity contribution in [2.45, 2.75) is 70.8 Å². The molecule has 4 nitrogen and oxygen atoms in total. The molecule has 1 aliphatic carbocycles. The Labute approximate surface area is 135 Å². The van der Waals surface area contributed by atoms with E-state index < -0.39 is 5.60 Å². The average molecular weight is 310 g/mol. The summed E-state index contributed by atoms with van der Waals surface area (Å²) in [4.78, 5) is 14.5. The van der Waals surface area contributed by atoms with Crippen LogP contribution in [-0.4, -0.2) is 47.7 Å². The minimum absolute atomic E-state index is 0.0183. The Morgan fingerprint density at radius 2 is 1.82 bits per heavy atom. The molecule has 2 fully saturated rings. The lowest BCUT2D eigenvalue weighted by molar-refractivity contribution is -0.127. The predicted octanol–water partition coefficient (Wildman–Crippen LogP) is 2.56. The fraction of sp³-hybridized carbons (Fsp3) is 0.944. The van der Waals surface area contributed by atoms with E-state index in [1.807, 2.05) is 0 Å². The van der Waals surface area contributed by atoms with Crippen LogP contribution in [0.3, 0.4) is 0 Å². The summed E-state index contributed by atoms with van der Waals surface area (Å²) in [6, 6.07) is 0. The highest BCUT2D eigenvalue weighted by Crippen LogP contribution is 2.30. The fourth-order valence-electron chi connectivity index (χ4n) is 4.25. The maximum Gasteiger partial charge on any atom is 0.222 e. The van der Waals surface area contributed by atoms with Crippen LogP contribution in [0.15, 0.2) is 0 Å². The Balaban J connectivity index is 1.59. The van der Waals surface area contributed by atoms with E-state index in [-0.39, 0.29) is 12.3 Å². The minimum Gasteiger partial charge on any atom is -0.389 e. The van der Waals surface area contributed by atoms with Gasteiger partial charge in [-0.15, -0.1) is 0 Å². The molecule has 1 saturated heterocycles. The quantitative estimate of drug-likeness (QED) is 0.741. The SMILES string of the molecule is CC1CC(C)CN(CCCNC(=O)CC2(O)CCCCC2)C1. The van der Waals surface area contributed by atoms with E-state index in [1.54, 1.807) is 0 Å². The second-order valence-electron chi connectivity index (χ2n) is 7.87. The molecule has 0 radical (unpaired) electrons. The van der Waals surface area contributed by atoms with Gasteiger partial charge in [0.2, 0.25) is 5.91 Å². The molecule has 2 aliphatic rings.